The van der Waals surface area contributed by atoms with E-state index in [2.05, 4.69) is 192 Å². The average Bonchev–Trinajstić information content (AvgIpc) is 3.68. The van der Waals surface area contributed by atoms with Crippen LogP contribution < -0.4 is 26.3 Å². The third-order valence-corrected chi connectivity index (χ3v) is 29.5. The van der Waals surface area contributed by atoms with E-state index in [9.17, 15) is 8.78 Å². The predicted molar refractivity (Wildman–Crippen MR) is 359 cm³/mol. The molecule has 0 radical (unpaired) electrons. The smallest absolute Gasteiger partial charge is 0.132 e. The second-order valence-corrected chi connectivity index (χ2v) is 32.0. The standard InChI is InChI=1S/C32H33F2NP2.C20H26NP.C12H8F2IP.C6H15N/c1-2-3-24-35(37(31-20-12-10-18-27(31)33)32-21-13-11-19-28(32)34)36-29(25-14-6-4-7-15-25)22-23-30(36)26-16-8-5-9-17-26;1-2-3-16-21-22-19(17-10-6-4-7-11-17)14-15-20(22)18-12-8-5-9-13-18;13-9-5-1-3-7-11(9)16(15)12-8-4-2-6-10(12)14;1-4-7(5-2)6-3/h4-21,29-30H,2-3,22-24H2,1H3;4-13,19-21H,2-3,14-16H2,1H3;1-8H;4-6H2,1-3H3/t29-,30-;19-,20-;;/m10../s1. The van der Waals surface area contributed by atoms with Crippen LogP contribution in [0.5, 0.6) is 0 Å². The molecular weight excluding hydrogens is 1210 g/mol. The Morgan fingerprint density at radius 1 is 0.415 bits per heavy atom. The number of halogens is 5. The number of rotatable bonds is 20. The summed E-state index contributed by atoms with van der Waals surface area (Å²) in [5, 5.41) is 6.32. The van der Waals surface area contributed by atoms with E-state index in [0.29, 0.717) is 43.9 Å². The molecule has 2 aliphatic rings. The van der Waals surface area contributed by atoms with E-state index in [4.69, 9.17) is 0 Å². The minimum absolute atomic E-state index is 0.186. The van der Waals surface area contributed by atoms with Gasteiger partial charge in [0.25, 0.3) is 0 Å². The zero-order valence-electron chi connectivity index (χ0n) is 48.4. The van der Waals surface area contributed by atoms with Gasteiger partial charge in [-0.2, -0.15) is 0 Å². The van der Waals surface area contributed by atoms with Gasteiger partial charge in [-0.1, -0.05) is 229 Å². The number of nitrogens with one attached hydrogen (secondary N) is 1. The Labute approximate surface area is 506 Å². The van der Waals surface area contributed by atoms with Crippen LogP contribution in [-0.2, 0) is 0 Å². The Bertz CT molecular complexity index is 2860. The van der Waals surface area contributed by atoms with Crippen molar-refractivity contribution in [1.29, 1.82) is 0 Å². The van der Waals surface area contributed by atoms with Gasteiger partial charge in [0.15, 0.2) is 0 Å². The molecule has 0 spiro atoms. The maximum atomic E-state index is 15.5. The zero-order valence-corrected chi connectivity index (χ0v) is 54.1. The third-order valence-electron chi connectivity index (χ3n) is 15.1. The largest absolute Gasteiger partial charge is 0.304 e. The van der Waals surface area contributed by atoms with Crippen LogP contribution in [0.25, 0.3) is 0 Å². The summed E-state index contributed by atoms with van der Waals surface area (Å²) in [7, 11) is -2.37. The molecule has 12 heteroatoms. The van der Waals surface area contributed by atoms with Gasteiger partial charge in [0, 0.05) is 64.0 Å². The fourth-order valence-corrected chi connectivity index (χ4v) is 25.0. The Morgan fingerprint density at radius 3 is 1.04 bits per heavy atom. The molecule has 2 heterocycles. The third kappa shape index (κ3) is 18.2. The maximum absolute atomic E-state index is 15.5. The van der Waals surface area contributed by atoms with Crippen molar-refractivity contribution < 1.29 is 17.6 Å². The molecule has 0 amide bonds. The zero-order chi connectivity index (χ0) is 58.1. The summed E-state index contributed by atoms with van der Waals surface area (Å²) in [6.07, 6.45) is 9.35. The fourth-order valence-electron chi connectivity index (χ4n) is 10.8. The number of hydrogen-bond donors (Lipinski definition) is 1. The quantitative estimate of drug-likeness (QED) is 0.0355. The summed E-state index contributed by atoms with van der Waals surface area (Å²) in [5.41, 5.74) is 6.84. The van der Waals surface area contributed by atoms with E-state index in [1.165, 1.54) is 91.8 Å². The summed E-state index contributed by atoms with van der Waals surface area (Å²) < 4.78 is 60.7. The van der Waals surface area contributed by atoms with Gasteiger partial charge in [0.05, 0.1) is 0 Å². The van der Waals surface area contributed by atoms with Gasteiger partial charge in [0.2, 0.25) is 0 Å². The highest BCUT2D eigenvalue weighted by atomic mass is 127. The molecule has 432 valence electrons. The lowest BCUT2D eigenvalue weighted by atomic mass is 10.0. The molecule has 4 atom stereocenters. The second-order valence-electron chi connectivity index (χ2n) is 20.4. The second kappa shape index (κ2) is 35.3. The van der Waals surface area contributed by atoms with Gasteiger partial charge in [-0.05, 0) is 162 Å². The van der Waals surface area contributed by atoms with Gasteiger partial charge in [-0.25, -0.2) is 17.6 Å². The molecule has 10 rings (SSSR count). The molecule has 0 aromatic heterocycles. The van der Waals surface area contributed by atoms with Crippen molar-refractivity contribution in [3.63, 3.8) is 0 Å². The minimum Gasteiger partial charge on any atom is -0.304 e. The first kappa shape index (κ1) is 65.4. The highest BCUT2D eigenvalue weighted by Crippen LogP contribution is 2.76. The van der Waals surface area contributed by atoms with Crippen LogP contribution in [0.4, 0.5) is 17.6 Å². The van der Waals surface area contributed by atoms with Gasteiger partial charge in [0.1, 0.15) is 23.3 Å². The van der Waals surface area contributed by atoms with Gasteiger partial charge in [-0.3, -0.25) is 9.53 Å². The van der Waals surface area contributed by atoms with E-state index in [1.54, 1.807) is 48.5 Å². The summed E-state index contributed by atoms with van der Waals surface area (Å²) in [6, 6.07) is 70.8. The van der Waals surface area contributed by atoms with Crippen molar-refractivity contribution in [2.45, 2.75) is 109 Å². The van der Waals surface area contributed by atoms with Crippen LogP contribution in [0.1, 0.15) is 131 Å². The normalized spacial score (nSPS) is 17.0. The maximum Gasteiger partial charge on any atom is 0.132 e. The molecule has 82 heavy (non-hydrogen) atoms. The van der Waals surface area contributed by atoms with Crippen molar-refractivity contribution >= 4 is 73.0 Å². The summed E-state index contributed by atoms with van der Waals surface area (Å²) in [4.78, 5) is 2.38. The predicted octanol–water partition coefficient (Wildman–Crippen LogP) is 20.2. The number of benzene rings is 8. The van der Waals surface area contributed by atoms with Crippen LogP contribution in [0, 0.1) is 23.3 Å². The molecular formula is C70H82F4IN3P4. The number of nitrogens with zero attached hydrogens (tertiary/aromatic N) is 2. The number of unbranched alkanes of at least 4 members (excludes halogenated alkanes) is 2. The number of hydrogen-bond acceptors (Lipinski definition) is 3. The molecule has 3 nitrogen and oxygen atoms in total. The molecule has 2 fully saturated rings. The Balaban J connectivity index is 0.000000181. The monoisotopic (exact) mass is 1290 g/mol. The van der Waals surface area contributed by atoms with Gasteiger partial charge >= 0.3 is 0 Å². The Morgan fingerprint density at radius 2 is 0.720 bits per heavy atom. The summed E-state index contributed by atoms with van der Waals surface area (Å²) in [5.74, 6) is -1.04. The van der Waals surface area contributed by atoms with Crippen molar-refractivity contribution in [3.8, 4) is 0 Å². The topological polar surface area (TPSA) is 18.5 Å². The van der Waals surface area contributed by atoms with E-state index in [-0.39, 0.29) is 31.3 Å². The Hall–Kier alpha value is -4.19. The van der Waals surface area contributed by atoms with Crippen LogP contribution >= 0.6 is 51.8 Å². The molecule has 2 saturated heterocycles. The van der Waals surface area contributed by atoms with Crippen molar-refractivity contribution in [3.05, 3.63) is 264 Å². The van der Waals surface area contributed by atoms with Crippen LogP contribution in [0.2, 0.25) is 0 Å². The lowest BCUT2D eigenvalue weighted by molar-refractivity contribution is 0.321. The van der Waals surface area contributed by atoms with Gasteiger partial charge in [-0.15, -0.1) is 0 Å². The van der Waals surface area contributed by atoms with Crippen molar-refractivity contribution in [1.82, 2.24) is 14.4 Å². The summed E-state index contributed by atoms with van der Waals surface area (Å²) >= 11 is 2.11. The van der Waals surface area contributed by atoms with Gasteiger partial charge < -0.3 is 4.90 Å². The van der Waals surface area contributed by atoms with E-state index in [0.717, 1.165) is 38.8 Å². The van der Waals surface area contributed by atoms with E-state index >= 15 is 8.78 Å². The van der Waals surface area contributed by atoms with Crippen LogP contribution in [-0.4, -0.2) is 42.1 Å². The first-order chi connectivity index (χ1) is 40.1. The molecule has 8 aromatic rings. The summed E-state index contributed by atoms with van der Waals surface area (Å²) in [6.45, 7) is 16.6. The molecule has 0 aliphatic carbocycles. The molecule has 2 aliphatic heterocycles. The first-order valence-corrected chi connectivity index (χ1v) is 37.7. The molecule has 0 bridgehead atoms. The lowest BCUT2D eigenvalue weighted by Gasteiger charge is -2.42. The molecule has 1 N–H and O–H groups in total. The lowest BCUT2D eigenvalue weighted by Crippen LogP contribution is -2.30. The fraction of sp³-hybridized carbons (Fsp3) is 0.314. The SMILES string of the molecule is CCCCN(P(c1ccccc1F)c1ccccc1F)P1[C@@H](c2ccccc2)CC[C@@H]1c1ccccc1.CCCCNP1[C@H](c2ccccc2)CC[C@H]1c1ccccc1.CCN(CC)CC.Fc1ccccc1P(I)c1ccccc1F. The molecule has 0 unspecified atom stereocenters. The van der Waals surface area contributed by atoms with Crippen LogP contribution in [0.15, 0.2) is 218 Å². The molecule has 8 aromatic carbocycles. The molecule has 0 saturated carbocycles. The highest BCUT2D eigenvalue weighted by molar-refractivity contribution is 14.2. The van der Waals surface area contributed by atoms with Crippen molar-refractivity contribution in [2.75, 3.05) is 32.7 Å². The highest BCUT2D eigenvalue weighted by Gasteiger charge is 2.45. The van der Waals surface area contributed by atoms with E-state index in [1.807, 2.05) is 24.3 Å². The Kier molecular flexibility index (Phi) is 28.1. The van der Waals surface area contributed by atoms with E-state index < -0.39 is 21.7 Å². The van der Waals surface area contributed by atoms with Crippen molar-refractivity contribution in [2.24, 2.45) is 0 Å². The average molecular weight is 1290 g/mol. The first-order valence-electron chi connectivity index (χ1n) is 29.4. The van der Waals surface area contributed by atoms with Crippen LogP contribution in [0.3, 0.4) is 0 Å². The minimum atomic E-state index is -1.40.